The van der Waals surface area contributed by atoms with E-state index in [2.05, 4.69) is 24.7 Å². The monoisotopic (exact) mass is 430 g/mol. The van der Waals surface area contributed by atoms with Gasteiger partial charge in [-0.15, -0.1) is 0 Å². The van der Waals surface area contributed by atoms with Crippen LogP contribution in [0.3, 0.4) is 0 Å². The number of carbonyl (C=O) groups excluding carboxylic acids is 2. The Morgan fingerprint density at radius 2 is 1.71 bits per heavy atom. The van der Waals surface area contributed by atoms with E-state index in [1.54, 1.807) is 18.2 Å². The summed E-state index contributed by atoms with van der Waals surface area (Å²) in [6, 6.07) is 9.04. The Kier molecular flexibility index (Phi) is 8.87. The van der Waals surface area contributed by atoms with Gasteiger partial charge in [-0.05, 0) is 54.3 Å². The third-order valence-electron chi connectivity index (χ3n) is 4.28. The molecule has 2 N–H and O–H groups in total. The summed E-state index contributed by atoms with van der Waals surface area (Å²) in [5.74, 6) is -0.0565. The van der Waals surface area contributed by atoms with Crippen molar-refractivity contribution in [1.82, 2.24) is 10.9 Å². The molecule has 0 bridgehead atoms. The summed E-state index contributed by atoms with van der Waals surface area (Å²) in [6.45, 7) is 4.75. The lowest BCUT2D eigenvalue weighted by Crippen LogP contribution is -2.40. The molecule has 31 heavy (non-hydrogen) atoms. The van der Waals surface area contributed by atoms with Crippen LogP contribution in [0.2, 0.25) is 0 Å². The Balaban J connectivity index is 1.92. The summed E-state index contributed by atoms with van der Waals surface area (Å²) in [6.07, 6.45) is 3.48. The second-order valence-electron chi connectivity index (χ2n) is 7.07. The van der Waals surface area contributed by atoms with Crippen LogP contribution in [-0.4, -0.2) is 32.6 Å². The Bertz CT molecular complexity index is 944. The zero-order chi connectivity index (χ0) is 22.8. The molecule has 2 aromatic rings. The van der Waals surface area contributed by atoms with Crippen LogP contribution in [0.4, 0.5) is 4.39 Å². The molecular formula is C23H27FN2O5. The van der Waals surface area contributed by atoms with E-state index in [1.807, 2.05) is 0 Å². The first-order valence-electron chi connectivity index (χ1n) is 9.76. The highest BCUT2D eigenvalue weighted by Crippen LogP contribution is 2.28. The van der Waals surface area contributed by atoms with E-state index in [4.69, 9.17) is 14.2 Å². The smallest absolute Gasteiger partial charge is 0.269 e. The van der Waals surface area contributed by atoms with Crippen molar-refractivity contribution in [2.24, 2.45) is 5.92 Å². The fourth-order valence-electron chi connectivity index (χ4n) is 2.52. The lowest BCUT2D eigenvalue weighted by Gasteiger charge is -2.13. The molecule has 0 heterocycles. The van der Waals surface area contributed by atoms with E-state index in [0.717, 1.165) is 6.42 Å². The number of carbonyl (C=O) groups is 2. The van der Waals surface area contributed by atoms with Gasteiger partial charge < -0.3 is 14.2 Å². The molecule has 0 aliphatic carbocycles. The first-order chi connectivity index (χ1) is 14.8. The fraction of sp³-hybridized carbons (Fsp3) is 0.304. The van der Waals surface area contributed by atoms with Crippen molar-refractivity contribution in [3.05, 3.63) is 59.4 Å². The van der Waals surface area contributed by atoms with Crippen LogP contribution in [-0.2, 0) is 4.79 Å². The molecule has 2 amide bonds. The summed E-state index contributed by atoms with van der Waals surface area (Å²) >= 11 is 0. The van der Waals surface area contributed by atoms with Gasteiger partial charge in [0.15, 0.2) is 23.1 Å². The number of rotatable bonds is 9. The normalized spacial score (nSPS) is 10.8. The van der Waals surface area contributed by atoms with Crippen molar-refractivity contribution in [1.29, 1.82) is 0 Å². The predicted molar refractivity (Wildman–Crippen MR) is 116 cm³/mol. The largest absolute Gasteiger partial charge is 0.494 e. The van der Waals surface area contributed by atoms with Gasteiger partial charge in [-0.25, -0.2) is 4.39 Å². The zero-order valence-corrected chi connectivity index (χ0v) is 18.0. The molecule has 0 unspecified atom stereocenters. The molecule has 2 aromatic carbocycles. The highest BCUT2D eigenvalue weighted by Gasteiger charge is 2.12. The van der Waals surface area contributed by atoms with Crippen LogP contribution in [0.1, 0.15) is 36.2 Å². The van der Waals surface area contributed by atoms with Crippen molar-refractivity contribution < 1.29 is 28.2 Å². The van der Waals surface area contributed by atoms with Crippen molar-refractivity contribution in [2.45, 2.75) is 20.3 Å². The van der Waals surface area contributed by atoms with Gasteiger partial charge in [0, 0.05) is 11.6 Å². The van der Waals surface area contributed by atoms with Crippen LogP contribution in [0.15, 0.2) is 42.5 Å². The molecule has 0 radical (unpaired) electrons. The van der Waals surface area contributed by atoms with E-state index in [9.17, 15) is 14.0 Å². The van der Waals surface area contributed by atoms with Gasteiger partial charge in [-0.1, -0.05) is 19.9 Å². The molecule has 0 aliphatic heterocycles. The molecule has 7 nitrogen and oxygen atoms in total. The van der Waals surface area contributed by atoms with Crippen molar-refractivity contribution in [3.8, 4) is 17.2 Å². The van der Waals surface area contributed by atoms with Gasteiger partial charge in [0.2, 0.25) is 0 Å². The maximum absolute atomic E-state index is 13.7. The number of amides is 2. The highest BCUT2D eigenvalue weighted by atomic mass is 19.1. The minimum absolute atomic E-state index is 0.112. The predicted octanol–water partition coefficient (Wildman–Crippen LogP) is 3.74. The SMILES string of the molecule is COc1ccc(/C=C/C(=O)NNC(=O)c2ccc(OCCC(C)C)c(OC)c2)cc1F. The molecule has 0 saturated heterocycles. The van der Waals surface area contributed by atoms with E-state index in [1.165, 1.54) is 44.6 Å². The quantitative estimate of drug-likeness (QED) is 0.468. The average Bonchev–Trinajstić information content (AvgIpc) is 2.76. The van der Waals surface area contributed by atoms with Crippen LogP contribution in [0.5, 0.6) is 17.2 Å². The van der Waals surface area contributed by atoms with Crippen LogP contribution in [0, 0.1) is 11.7 Å². The number of ether oxygens (including phenoxy) is 3. The third kappa shape index (κ3) is 7.33. The standard InChI is InChI=1S/C23H27FN2O5/c1-15(2)11-12-31-20-9-7-17(14-21(20)30-4)23(28)26-25-22(27)10-6-16-5-8-19(29-3)18(24)13-16/h5-10,13-15H,11-12H2,1-4H3,(H,25,27)(H,26,28)/b10-6+. The van der Waals surface area contributed by atoms with E-state index in [0.29, 0.717) is 29.6 Å². The van der Waals surface area contributed by atoms with Gasteiger partial charge in [-0.3, -0.25) is 20.4 Å². The lowest BCUT2D eigenvalue weighted by molar-refractivity contribution is -0.117. The highest BCUT2D eigenvalue weighted by molar-refractivity contribution is 5.98. The van der Waals surface area contributed by atoms with Gasteiger partial charge in [0.25, 0.3) is 11.8 Å². The molecule has 0 spiro atoms. The number of methoxy groups -OCH3 is 2. The van der Waals surface area contributed by atoms with E-state index >= 15 is 0 Å². The molecule has 0 saturated carbocycles. The zero-order valence-electron chi connectivity index (χ0n) is 18.0. The molecule has 0 aliphatic rings. The van der Waals surface area contributed by atoms with Gasteiger partial charge >= 0.3 is 0 Å². The second-order valence-corrected chi connectivity index (χ2v) is 7.07. The Morgan fingerprint density at radius 3 is 2.35 bits per heavy atom. The summed E-state index contributed by atoms with van der Waals surface area (Å²) in [5.41, 5.74) is 5.34. The minimum Gasteiger partial charge on any atom is -0.494 e. The van der Waals surface area contributed by atoms with Crippen molar-refractivity contribution in [3.63, 3.8) is 0 Å². The summed E-state index contributed by atoms with van der Waals surface area (Å²) in [4.78, 5) is 24.2. The van der Waals surface area contributed by atoms with Gasteiger partial charge in [0.1, 0.15) is 0 Å². The number of hydrazine groups is 1. The number of halogens is 1. The van der Waals surface area contributed by atoms with Crippen LogP contribution in [0.25, 0.3) is 6.08 Å². The Labute approximate surface area is 181 Å². The average molecular weight is 430 g/mol. The lowest BCUT2D eigenvalue weighted by atomic mass is 10.1. The van der Waals surface area contributed by atoms with Crippen molar-refractivity contribution in [2.75, 3.05) is 20.8 Å². The molecular weight excluding hydrogens is 403 g/mol. The first-order valence-corrected chi connectivity index (χ1v) is 9.76. The van der Waals surface area contributed by atoms with Gasteiger partial charge in [-0.2, -0.15) is 0 Å². The second kappa shape index (κ2) is 11.6. The first kappa shape index (κ1) is 23.7. The fourth-order valence-corrected chi connectivity index (χ4v) is 2.52. The van der Waals surface area contributed by atoms with Gasteiger partial charge in [0.05, 0.1) is 20.8 Å². The third-order valence-corrected chi connectivity index (χ3v) is 4.28. The Hall–Kier alpha value is -3.55. The summed E-state index contributed by atoms with van der Waals surface area (Å²) < 4.78 is 29.5. The summed E-state index contributed by atoms with van der Waals surface area (Å²) in [5, 5.41) is 0. The number of benzene rings is 2. The maximum Gasteiger partial charge on any atom is 0.269 e. The molecule has 8 heteroatoms. The van der Waals surface area contributed by atoms with Crippen molar-refractivity contribution >= 4 is 17.9 Å². The molecule has 0 fully saturated rings. The molecule has 0 atom stereocenters. The van der Waals surface area contributed by atoms with E-state index < -0.39 is 17.6 Å². The van der Waals surface area contributed by atoms with Crippen LogP contribution < -0.4 is 25.1 Å². The number of hydrogen-bond acceptors (Lipinski definition) is 5. The Morgan fingerprint density at radius 1 is 1.00 bits per heavy atom. The topological polar surface area (TPSA) is 85.9 Å². The number of nitrogens with one attached hydrogen (secondary N) is 2. The summed E-state index contributed by atoms with van der Waals surface area (Å²) in [7, 11) is 2.86. The van der Waals surface area contributed by atoms with E-state index in [-0.39, 0.29) is 11.3 Å². The maximum atomic E-state index is 13.7. The number of hydrogen-bond donors (Lipinski definition) is 2. The molecule has 166 valence electrons. The minimum atomic E-state index is -0.579. The molecule has 2 rings (SSSR count). The molecule has 0 aromatic heterocycles. The van der Waals surface area contributed by atoms with Crippen LogP contribution >= 0.6 is 0 Å².